The number of carbonyl (C=O) groups is 1. The predicted molar refractivity (Wildman–Crippen MR) is 141 cm³/mol. The van der Waals surface area contributed by atoms with E-state index in [1.807, 2.05) is 48.5 Å². The highest BCUT2D eigenvalue weighted by Crippen LogP contribution is 2.42. The number of hydrogen-bond donors (Lipinski definition) is 1. The van der Waals surface area contributed by atoms with Crippen molar-refractivity contribution < 1.29 is 14.3 Å². The molecule has 1 atom stereocenters. The first-order valence-corrected chi connectivity index (χ1v) is 11.8. The Kier molecular flexibility index (Phi) is 6.24. The van der Waals surface area contributed by atoms with Crippen molar-refractivity contribution >= 4 is 34.1 Å². The molecule has 0 aliphatic carbocycles. The molecular weight excluding hydrogens is 478 g/mol. The van der Waals surface area contributed by atoms with Crippen LogP contribution in [-0.2, 0) is 4.79 Å². The molecule has 3 aromatic carbocycles. The van der Waals surface area contributed by atoms with Crippen molar-refractivity contribution in [2.75, 3.05) is 14.2 Å². The summed E-state index contributed by atoms with van der Waals surface area (Å²) < 4.78 is 11.1. The zero-order valence-corrected chi connectivity index (χ0v) is 20.8. The number of amides is 1. The smallest absolute Gasteiger partial charge is 0.258 e. The van der Waals surface area contributed by atoms with Crippen molar-refractivity contribution in [2.24, 2.45) is 5.10 Å². The lowest BCUT2D eigenvalue weighted by Gasteiger charge is -2.23. The van der Waals surface area contributed by atoms with E-state index in [-0.39, 0.29) is 11.5 Å². The molecule has 7 nitrogen and oxygen atoms in total. The Labute approximate surface area is 212 Å². The molecule has 5 rings (SSSR count). The molecule has 2 heterocycles. The molecule has 8 heteroatoms. The SMILES string of the molecule is COc1cccc([C@H]2CC(c3c(-c4ccc(Cl)cc4)c4ccccc4[nH]c3=O)=NN2C(C)=O)c1OC. The summed E-state index contributed by atoms with van der Waals surface area (Å²) in [5.41, 5.74) is 3.69. The van der Waals surface area contributed by atoms with Crippen LogP contribution in [0.15, 0.2) is 76.6 Å². The van der Waals surface area contributed by atoms with Gasteiger partial charge >= 0.3 is 0 Å². The van der Waals surface area contributed by atoms with Crippen LogP contribution in [0, 0.1) is 0 Å². The normalized spacial score (nSPS) is 15.2. The van der Waals surface area contributed by atoms with Crippen LogP contribution in [0.2, 0.25) is 5.02 Å². The number of pyridine rings is 1. The van der Waals surface area contributed by atoms with Crippen LogP contribution < -0.4 is 15.0 Å². The maximum Gasteiger partial charge on any atom is 0.258 e. The van der Waals surface area contributed by atoms with Gasteiger partial charge in [-0.25, -0.2) is 5.01 Å². The van der Waals surface area contributed by atoms with Crippen LogP contribution in [0.25, 0.3) is 22.0 Å². The van der Waals surface area contributed by atoms with Gasteiger partial charge in [0.2, 0.25) is 5.91 Å². The summed E-state index contributed by atoms with van der Waals surface area (Å²) in [6.45, 7) is 1.46. The summed E-state index contributed by atoms with van der Waals surface area (Å²) in [6.07, 6.45) is 0.325. The summed E-state index contributed by atoms with van der Waals surface area (Å²) in [5.74, 6) is 0.834. The van der Waals surface area contributed by atoms with E-state index in [4.69, 9.17) is 21.1 Å². The number of rotatable bonds is 5. The Balaban J connectivity index is 1.72. The molecule has 0 fully saturated rings. The van der Waals surface area contributed by atoms with E-state index < -0.39 is 6.04 Å². The fourth-order valence-corrected chi connectivity index (χ4v) is 4.93. The quantitative estimate of drug-likeness (QED) is 0.388. The number of hydrogen-bond acceptors (Lipinski definition) is 5. The van der Waals surface area contributed by atoms with Crippen molar-refractivity contribution in [3.8, 4) is 22.6 Å². The molecule has 0 saturated carbocycles. The van der Waals surface area contributed by atoms with E-state index in [9.17, 15) is 9.59 Å². The third kappa shape index (κ3) is 4.01. The van der Waals surface area contributed by atoms with Gasteiger partial charge in [-0.15, -0.1) is 0 Å². The minimum atomic E-state index is -0.466. The van der Waals surface area contributed by atoms with E-state index in [1.165, 1.54) is 11.9 Å². The zero-order chi connectivity index (χ0) is 25.4. The van der Waals surface area contributed by atoms with E-state index in [1.54, 1.807) is 32.4 Å². The first-order chi connectivity index (χ1) is 17.4. The minimum Gasteiger partial charge on any atom is -0.493 e. The molecule has 1 aromatic heterocycles. The third-order valence-corrected chi connectivity index (χ3v) is 6.62. The number of methoxy groups -OCH3 is 2. The summed E-state index contributed by atoms with van der Waals surface area (Å²) in [6, 6.07) is 20.0. The van der Waals surface area contributed by atoms with E-state index in [0.717, 1.165) is 22.1 Å². The van der Waals surface area contributed by atoms with Gasteiger partial charge in [-0.3, -0.25) is 9.59 Å². The van der Waals surface area contributed by atoms with E-state index >= 15 is 0 Å². The van der Waals surface area contributed by atoms with Gasteiger partial charge in [0.25, 0.3) is 5.56 Å². The molecule has 4 aromatic rings. The molecule has 182 valence electrons. The molecule has 0 radical (unpaired) electrons. The van der Waals surface area contributed by atoms with Gasteiger partial charge in [-0.2, -0.15) is 5.10 Å². The maximum absolute atomic E-state index is 13.5. The number of fused-ring (bicyclic) bond motifs is 1. The number of nitrogens with one attached hydrogen (secondary N) is 1. The number of para-hydroxylation sites is 2. The Bertz CT molecular complexity index is 1560. The average molecular weight is 502 g/mol. The number of hydrazone groups is 1. The van der Waals surface area contributed by atoms with Crippen LogP contribution in [0.3, 0.4) is 0 Å². The van der Waals surface area contributed by atoms with Crippen molar-refractivity contribution in [1.82, 2.24) is 9.99 Å². The second-order valence-corrected chi connectivity index (χ2v) is 8.91. The number of benzene rings is 3. The molecule has 0 saturated heterocycles. The first kappa shape index (κ1) is 23.6. The lowest BCUT2D eigenvalue weighted by molar-refractivity contribution is -0.130. The monoisotopic (exact) mass is 501 g/mol. The van der Waals surface area contributed by atoms with E-state index in [2.05, 4.69) is 10.1 Å². The molecule has 0 spiro atoms. The maximum atomic E-state index is 13.5. The number of ether oxygens (including phenoxy) is 2. The first-order valence-electron chi connectivity index (χ1n) is 11.4. The van der Waals surface area contributed by atoms with Crippen LogP contribution >= 0.6 is 11.6 Å². The molecule has 0 unspecified atom stereocenters. The van der Waals surface area contributed by atoms with Gasteiger partial charge in [-0.05, 0) is 29.8 Å². The van der Waals surface area contributed by atoms with Crippen molar-refractivity contribution in [3.05, 3.63) is 93.2 Å². The Hall–Kier alpha value is -4.10. The minimum absolute atomic E-state index is 0.245. The summed E-state index contributed by atoms with van der Waals surface area (Å²) in [4.78, 5) is 29.2. The molecule has 1 aliphatic rings. The zero-order valence-electron chi connectivity index (χ0n) is 20.0. The standard InChI is InChI=1S/C28H24ClN3O4/c1-16(33)32-23(20-8-6-10-24(35-2)27(20)36-3)15-22(31-32)26-25(17-11-13-18(29)14-12-17)19-7-4-5-9-21(19)30-28(26)34/h4-14,23H,15H2,1-3H3,(H,30,34)/t23-/m1/s1. The molecule has 1 aliphatic heterocycles. The second kappa shape index (κ2) is 9.51. The third-order valence-electron chi connectivity index (χ3n) is 6.37. The predicted octanol–water partition coefficient (Wildman–Crippen LogP) is 5.56. The van der Waals surface area contributed by atoms with Gasteiger partial charge in [0.15, 0.2) is 11.5 Å². The number of aromatic nitrogens is 1. The number of carbonyl (C=O) groups excluding carboxylic acids is 1. The Morgan fingerprint density at radius 3 is 2.44 bits per heavy atom. The lowest BCUT2D eigenvalue weighted by atomic mass is 9.91. The van der Waals surface area contributed by atoms with Gasteiger partial charge < -0.3 is 14.5 Å². The fraction of sp³-hybridized carbons (Fsp3) is 0.179. The van der Waals surface area contributed by atoms with Gasteiger partial charge in [-0.1, -0.05) is 54.1 Å². The fourth-order valence-electron chi connectivity index (χ4n) is 4.80. The molecule has 0 bridgehead atoms. The van der Waals surface area contributed by atoms with Crippen LogP contribution in [0.5, 0.6) is 11.5 Å². The van der Waals surface area contributed by atoms with Crippen LogP contribution in [-0.4, -0.2) is 35.8 Å². The van der Waals surface area contributed by atoms with E-state index in [0.29, 0.717) is 39.7 Å². The van der Waals surface area contributed by atoms with Crippen LogP contribution in [0.4, 0.5) is 0 Å². The van der Waals surface area contributed by atoms with Gasteiger partial charge in [0.05, 0.1) is 31.5 Å². The second-order valence-electron chi connectivity index (χ2n) is 8.47. The van der Waals surface area contributed by atoms with Gasteiger partial charge in [0.1, 0.15) is 0 Å². The Morgan fingerprint density at radius 2 is 1.75 bits per heavy atom. The molecule has 1 amide bonds. The highest BCUT2D eigenvalue weighted by Gasteiger charge is 2.36. The lowest BCUT2D eigenvalue weighted by Crippen LogP contribution is -2.24. The summed E-state index contributed by atoms with van der Waals surface area (Å²) in [5, 5.41) is 7.55. The van der Waals surface area contributed by atoms with Crippen molar-refractivity contribution in [3.63, 3.8) is 0 Å². The van der Waals surface area contributed by atoms with Crippen LogP contribution in [0.1, 0.15) is 30.5 Å². The van der Waals surface area contributed by atoms with Crippen molar-refractivity contribution in [2.45, 2.75) is 19.4 Å². The number of aromatic amines is 1. The number of halogens is 1. The highest BCUT2D eigenvalue weighted by molar-refractivity contribution is 6.30. The Morgan fingerprint density at radius 1 is 1.00 bits per heavy atom. The molecule has 1 N–H and O–H groups in total. The average Bonchev–Trinajstić information content (AvgIpc) is 3.33. The largest absolute Gasteiger partial charge is 0.493 e. The number of nitrogens with zero attached hydrogens (tertiary/aromatic N) is 2. The summed E-state index contributed by atoms with van der Waals surface area (Å²) >= 11 is 6.15. The molecule has 36 heavy (non-hydrogen) atoms. The molecular formula is C28H24ClN3O4. The summed E-state index contributed by atoms with van der Waals surface area (Å²) in [7, 11) is 3.12. The van der Waals surface area contributed by atoms with Crippen molar-refractivity contribution in [1.29, 1.82) is 0 Å². The van der Waals surface area contributed by atoms with Gasteiger partial charge in [0, 0.05) is 40.4 Å². The highest BCUT2D eigenvalue weighted by atomic mass is 35.5. The topological polar surface area (TPSA) is 84.0 Å². The number of H-pyrrole nitrogens is 1.